The van der Waals surface area contributed by atoms with E-state index in [9.17, 15) is 0 Å². The summed E-state index contributed by atoms with van der Waals surface area (Å²) in [6.45, 7) is 2.98. The van der Waals surface area contributed by atoms with Crippen LogP contribution in [0.1, 0.15) is 30.9 Å². The largest absolute Gasteiger partial charge is 0.496 e. The summed E-state index contributed by atoms with van der Waals surface area (Å²) in [5, 5.41) is 7.12. The van der Waals surface area contributed by atoms with Crippen molar-refractivity contribution in [3.05, 3.63) is 59.7 Å². The average Bonchev–Trinajstić information content (AvgIpc) is 2.61. The number of anilines is 1. The van der Waals surface area contributed by atoms with Gasteiger partial charge in [-0.05, 0) is 60.8 Å². The second-order valence-electron chi connectivity index (χ2n) is 5.74. The predicted octanol–water partition coefficient (Wildman–Crippen LogP) is 4.57. The zero-order chi connectivity index (χ0) is 17.2. The van der Waals surface area contributed by atoms with Gasteiger partial charge in [-0.2, -0.15) is 0 Å². The molecule has 2 aromatic carbocycles. The summed E-state index contributed by atoms with van der Waals surface area (Å²) in [6.07, 6.45) is 4.45. The SMILES string of the molecule is CCCCc1ccc(NC(=S)NCCc2ccccc2OC)cc1. The zero-order valence-corrected chi connectivity index (χ0v) is 15.3. The lowest BCUT2D eigenvalue weighted by Gasteiger charge is -2.12. The Balaban J connectivity index is 1.77. The highest BCUT2D eigenvalue weighted by molar-refractivity contribution is 7.80. The molecule has 0 radical (unpaired) electrons. The fourth-order valence-corrected chi connectivity index (χ4v) is 2.75. The molecule has 0 heterocycles. The molecular formula is C20H26N2OS. The molecule has 0 saturated carbocycles. The lowest BCUT2D eigenvalue weighted by molar-refractivity contribution is 0.409. The van der Waals surface area contributed by atoms with Gasteiger partial charge in [0.2, 0.25) is 0 Å². The van der Waals surface area contributed by atoms with Gasteiger partial charge in [0.25, 0.3) is 0 Å². The molecule has 0 aliphatic carbocycles. The summed E-state index contributed by atoms with van der Waals surface area (Å²) < 4.78 is 5.36. The van der Waals surface area contributed by atoms with Gasteiger partial charge in [-0.15, -0.1) is 0 Å². The maximum atomic E-state index is 5.36. The second-order valence-corrected chi connectivity index (χ2v) is 6.15. The Morgan fingerprint density at radius 3 is 2.50 bits per heavy atom. The van der Waals surface area contributed by atoms with Gasteiger partial charge in [-0.3, -0.25) is 0 Å². The molecule has 4 heteroatoms. The third-order valence-electron chi connectivity index (χ3n) is 3.90. The predicted molar refractivity (Wildman–Crippen MR) is 106 cm³/mol. The van der Waals surface area contributed by atoms with E-state index in [0.29, 0.717) is 5.11 Å². The molecule has 3 nitrogen and oxygen atoms in total. The number of nitrogens with one attached hydrogen (secondary N) is 2. The Kier molecular flexibility index (Phi) is 7.56. The number of benzene rings is 2. The number of rotatable bonds is 8. The molecule has 0 atom stereocenters. The Morgan fingerprint density at radius 1 is 1.04 bits per heavy atom. The Labute approximate surface area is 150 Å². The monoisotopic (exact) mass is 342 g/mol. The molecule has 0 bridgehead atoms. The first-order valence-electron chi connectivity index (χ1n) is 8.48. The summed E-state index contributed by atoms with van der Waals surface area (Å²) >= 11 is 5.36. The third kappa shape index (κ3) is 5.85. The fraction of sp³-hybridized carbons (Fsp3) is 0.350. The van der Waals surface area contributed by atoms with Crippen molar-refractivity contribution in [2.45, 2.75) is 32.6 Å². The van der Waals surface area contributed by atoms with Crippen LogP contribution in [0.15, 0.2) is 48.5 Å². The highest BCUT2D eigenvalue weighted by Crippen LogP contribution is 2.17. The normalized spacial score (nSPS) is 10.2. The number of aryl methyl sites for hydroxylation is 1. The van der Waals surface area contributed by atoms with Crippen molar-refractivity contribution in [1.29, 1.82) is 0 Å². The van der Waals surface area contributed by atoms with Gasteiger partial charge in [0.1, 0.15) is 5.75 Å². The Hall–Kier alpha value is -2.07. The van der Waals surface area contributed by atoms with Crippen molar-refractivity contribution < 1.29 is 4.74 Å². The Morgan fingerprint density at radius 2 is 1.79 bits per heavy atom. The van der Waals surface area contributed by atoms with E-state index in [-0.39, 0.29) is 0 Å². The maximum absolute atomic E-state index is 5.36. The molecule has 2 N–H and O–H groups in total. The van der Waals surface area contributed by atoms with Crippen molar-refractivity contribution in [2.24, 2.45) is 0 Å². The van der Waals surface area contributed by atoms with Crippen LogP contribution in [0.25, 0.3) is 0 Å². The van der Waals surface area contributed by atoms with E-state index in [1.807, 2.05) is 18.2 Å². The van der Waals surface area contributed by atoms with Gasteiger partial charge < -0.3 is 15.4 Å². The van der Waals surface area contributed by atoms with E-state index < -0.39 is 0 Å². The van der Waals surface area contributed by atoms with Gasteiger partial charge in [-0.1, -0.05) is 43.7 Å². The minimum absolute atomic E-state index is 0.645. The minimum Gasteiger partial charge on any atom is -0.496 e. The molecular weight excluding hydrogens is 316 g/mol. The van der Waals surface area contributed by atoms with Crippen molar-refractivity contribution in [1.82, 2.24) is 5.32 Å². The van der Waals surface area contributed by atoms with E-state index in [2.05, 4.69) is 47.9 Å². The smallest absolute Gasteiger partial charge is 0.170 e. The summed E-state index contributed by atoms with van der Waals surface area (Å²) in [5.41, 5.74) is 3.57. The van der Waals surface area contributed by atoms with Crippen LogP contribution in [-0.2, 0) is 12.8 Å². The fourth-order valence-electron chi connectivity index (χ4n) is 2.53. The van der Waals surface area contributed by atoms with Crippen LogP contribution in [0.4, 0.5) is 5.69 Å². The van der Waals surface area contributed by atoms with Crippen molar-refractivity contribution in [2.75, 3.05) is 19.0 Å². The molecule has 0 saturated heterocycles. The molecule has 0 aromatic heterocycles. The van der Waals surface area contributed by atoms with Gasteiger partial charge in [0.15, 0.2) is 5.11 Å². The quantitative estimate of drug-likeness (QED) is 0.689. The number of hydrogen-bond donors (Lipinski definition) is 2. The van der Waals surface area contributed by atoms with E-state index >= 15 is 0 Å². The minimum atomic E-state index is 0.645. The summed E-state index contributed by atoms with van der Waals surface area (Å²) in [6, 6.07) is 16.5. The van der Waals surface area contributed by atoms with Gasteiger partial charge in [0, 0.05) is 12.2 Å². The van der Waals surface area contributed by atoms with Crippen molar-refractivity contribution in [3.8, 4) is 5.75 Å². The highest BCUT2D eigenvalue weighted by atomic mass is 32.1. The van der Waals surface area contributed by atoms with Gasteiger partial charge >= 0.3 is 0 Å². The first kappa shape index (κ1) is 18.3. The zero-order valence-electron chi connectivity index (χ0n) is 14.5. The number of hydrogen-bond acceptors (Lipinski definition) is 2. The van der Waals surface area contributed by atoms with Gasteiger partial charge in [0.05, 0.1) is 7.11 Å². The molecule has 0 aliphatic heterocycles. The summed E-state index contributed by atoms with van der Waals surface area (Å²) in [7, 11) is 1.70. The lowest BCUT2D eigenvalue weighted by atomic mass is 10.1. The first-order valence-corrected chi connectivity index (χ1v) is 8.89. The van der Waals surface area contributed by atoms with Crippen LogP contribution < -0.4 is 15.4 Å². The van der Waals surface area contributed by atoms with E-state index in [1.165, 1.54) is 24.0 Å². The molecule has 0 fully saturated rings. The average molecular weight is 343 g/mol. The molecule has 0 amide bonds. The molecule has 0 aliphatic rings. The first-order chi connectivity index (χ1) is 11.7. The van der Waals surface area contributed by atoms with Crippen LogP contribution in [0.3, 0.4) is 0 Å². The van der Waals surface area contributed by atoms with Crippen LogP contribution in [0, 0.1) is 0 Å². The Bertz CT molecular complexity index is 640. The van der Waals surface area contributed by atoms with Crippen LogP contribution in [-0.4, -0.2) is 18.8 Å². The summed E-state index contributed by atoms with van der Waals surface area (Å²) in [4.78, 5) is 0. The highest BCUT2D eigenvalue weighted by Gasteiger charge is 2.02. The third-order valence-corrected chi connectivity index (χ3v) is 4.15. The van der Waals surface area contributed by atoms with Crippen molar-refractivity contribution in [3.63, 3.8) is 0 Å². The number of ether oxygens (including phenoxy) is 1. The standard InChI is InChI=1S/C20H26N2OS/c1-3-4-7-16-10-12-18(13-11-16)22-20(24)21-15-14-17-8-5-6-9-19(17)23-2/h5-6,8-13H,3-4,7,14-15H2,1-2H3,(H2,21,22,24). The second kappa shape index (κ2) is 9.93. The van der Waals surface area contributed by atoms with Crippen molar-refractivity contribution >= 4 is 23.0 Å². The molecule has 0 unspecified atom stereocenters. The molecule has 2 aromatic rings. The molecule has 0 spiro atoms. The summed E-state index contributed by atoms with van der Waals surface area (Å²) in [5.74, 6) is 0.917. The molecule has 128 valence electrons. The molecule has 24 heavy (non-hydrogen) atoms. The topological polar surface area (TPSA) is 33.3 Å². The maximum Gasteiger partial charge on any atom is 0.170 e. The number of unbranched alkanes of at least 4 members (excludes halogenated alkanes) is 1. The number of para-hydroxylation sites is 1. The van der Waals surface area contributed by atoms with E-state index in [1.54, 1.807) is 7.11 Å². The van der Waals surface area contributed by atoms with Crippen LogP contribution >= 0.6 is 12.2 Å². The number of thiocarbonyl (C=S) groups is 1. The van der Waals surface area contributed by atoms with Gasteiger partial charge in [-0.25, -0.2) is 0 Å². The number of methoxy groups -OCH3 is 1. The lowest BCUT2D eigenvalue weighted by Crippen LogP contribution is -2.30. The van der Waals surface area contributed by atoms with Crippen LogP contribution in [0.2, 0.25) is 0 Å². The van der Waals surface area contributed by atoms with E-state index in [4.69, 9.17) is 17.0 Å². The molecule has 2 rings (SSSR count). The van der Waals surface area contributed by atoms with E-state index in [0.717, 1.165) is 30.8 Å². The van der Waals surface area contributed by atoms with Crippen LogP contribution in [0.5, 0.6) is 5.75 Å².